The highest BCUT2D eigenvalue weighted by atomic mass is 32.2. The first-order chi connectivity index (χ1) is 16.8. The number of likely N-dealkylation sites (N-methyl/N-ethyl adjacent to an activating group) is 1. The second-order valence-corrected chi connectivity index (χ2v) is 8.84. The van der Waals surface area contributed by atoms with E-state index < -0.39 is 6.09 Å². The van der Waals surface area contributed by atoms with Gasteiger partial charge in [0.15, 0.2) is 22.0 Å². The number of carbonyl (C=O) groups excluding carboxylic acids is 1. The first-order valence-corrected chi connectivity index (χ1v) is 11.7. The summed E-state index contributed by atoms with van der Waals surface area (Å²) in [6, 6.07) is 9.92. The van der Waals surface area contributed by atoms with Crippen LogP contribution in [-0.2, 0) is 4.74 Å². The highest BCUT2D eigenvalue weighted by Gasteiger charge is 2.22. The molecule has 0 saturated heterocycles. The lowest BCUT2D eigenvalue weighted by molar-refractivity contribution is 0.135. The number of benzene rings is 2. The fraction of sp³-hybridized carbons (Fsp3) is 0.360. The molecule has 2 aromatic carbocycles. The number of hydrogen-bond donors (Lipinski definition) is 0. The van der Waals surface area contributed by atoms with E-state index >= 15 is 0 Å². The summed E-state index contributed by atoms with van der Waals surface area (Å²) in [6.45, 7) is 4.61. The Kier molecular flexibility index (Phi) is 8.89. The minimum atomic E-state index is -0.480. The third-order valence-electron chi connectivity index (χ3n) is 4.83. The molecule has 1 amide bonds. The summed E-state index contributed by atoms with van der Waals surface area (Å²) in [6.07, 6.45) is -0.602. The molecule has 0 radical (unpaired) electrons. The topological polar surface area (TPSA) is 96.7 Å². The van der Waals surface area contributed by atoms with E-state index in [0.717, 1.165) is 4.90 Å². The van der Waals surface area contributed by atoms with Crippen LogP contribution in [0.15, 0.2) is 55.6 Å². The van der Waals surface area contributed by atoms with Crippen LogP contribution in [0.4, 0.5) is 4.79 Å². The minimum absolute atomic E-state index is 0.122. The van der Waals surface area contributed by atoms with Crippen LogP contribution in [0.2, 0.25) is 0 Å². The number of ether oxygens (including phenoxy) is 5. The van der Waals surface area contributed by atoms with Gasteiger partial charge >= 0.3 is 6.09 Å². The van der Waals surface area contributed by atoms with E-state index in [9.17, 15) is 9.59 Å². The van der Waals surface area contributed by atoms with Crippen LogP contribution >= 0.6 is 11.8 Å². The Balaban J connectivity index is 1.85. The molecule has 188 valence electrons. The van der Waals surface area contributed by atoms with Crippen LogP contribution in [0.1, 0.15) is 13.8 Å². The third kappa shape index (κ3) is 6.40. The fourth-order valence-electron chi connectivity index (χ4n) is 3.19. The van der Waals surface area contributed by atoms with Crippen molar-refractivity contribution in [3.05, 3.63) is 46.6 Å². The summed E-state index contributed by atoms with van der Waals surface area (Å²) in [5, 5.41) is 0.652. The van der Waals surface area contributed by atoms with Gasteiger partial charge in [-0.05, 0) is 38.1 Å². The van der Waals surface area contributed by atoms with Gasteiger partial charge in [-0.1, -0.05) is 11.8 Å². The molecule has 35 heavy (non-hydrogen) atoms. The summed E-state index contributed by atoms with van der Waals surface area (Å²) in [5.41, 5.74) is 0.0441. The number of hydrogen-bond acceptors (Lipinski definition) is 9. The molecule has 10 heteroatoms. The second kappa shape index (κ2) is 11.9. The van der Waals surface area contributed by atoms with Crippen LogP contribution in [0.25, 0.3) is 11.0 Å². The molecule has 0 bridgehead atoms. The summed E-state index contributed by atoms with van der Waals surface area (Å²) < 4.78 is 33.1. The van der Waals surface area contributed by atoms with Gasteiger partial charge in [-0.15, -0.1) is 0 Å². The van der Waals surface area contributed by atoms with E-state index in [1.54, 1.807) is 44.5 Å². The molecule has 0 aliphatic heterocycles. The molecular weight excluding hydrogens is 474 g/mol. The van der Waals surface area contributed by atoms with E-state index in [-0.39, 0.29) is 22.7 Å². The molecule has 1 aromatic heterocycles. The van der Waals surface area contributed by atoms with E-state index in [0.29, 0.717) is 41.1 Å². The van der Waals surface area contributed by atoms with Crippen LogP contribution in [0.5, 0.6) is 23.0 Å². The smallest absolute Gasteiger partial charge is 0.415 e. The number of nitrogens with zero attached hydrogens (tertiary/aromatic N) is 1. The minimum Gasteiger partial charge on any atom is -0.492 e. The average Bonchev–Trinajstić information content (AvgIpc) is 2.82. The number of rotatable bonds is 10. The Morgan fingerprint density at radius 2 is 1.74 bits per heavy atom. The number of carbonyl (C=O) groups is 1. The monoisotopic (exact) mass is 503 g/mol. The van der Waals surface area contributed by atoms with Crippen LogP contribution in [0, 0.1) is 0 Å². The van der Waals surface area contributed by atoms with Crippen molar-refractivity contribution >= 4 is 28.8 Å². The van der Waals surface area contributed by atoms with Gasteiger partial charge in [0.05, 0.1) is 26.9 Å². The standard InChI is InChI=1S/C25H29NO8S/c1-15(2)32-20-14-19-22(24(31-6)23(20)30-5)18(27)13-21(34-19)35-17-9-7-16(8-10-17)33-25(28)26(3)11-12-29-4/h7-10,13-15H,11-12H2,1-6H3. The summed E-state index contributed by atoms with van der Waals surface area (Å²) in [4.78, 5) is 27.3. The van der Waals surface area contributed by atoms with Crippen LogP contribution in [0.3, 0.4) is 0 Å². The zero-order valence-corrected chi connectivity index (χ0v) is 21.4. The number of fused-ring (bicyclic) bond motifs is 1. The Morgan fingerprint density at radius 3 is 2.34 bits per heavy atom. The van der Waals surface area contributed by atoms with Gasteiger partial charge in [0, 0.05) is 37.7 Å². The van der Waals surface area contributed by atoms with Crippen molar-refractivity contribution in [2.24, 2.45) is 0 Å². The normalized spacial score (nSPS) is 10.9. The zero-order chi connectivity index (χ0) is 25.5. The van der Waals surface area contributed by atoms with Crippen molar-refractivity contribution in [3.63, 3.8) is 0 Å². The van der Waals surface area contributed by atoms with Gasteiger partial charge in [-0.3, -0.25) is 4.79 Å². The number of methoxy groups -OCH3 is 3. The molecule has 0 atom stereocenters. The third-order valence-corrected chi connectivity index (χ3v) is 5.74. The Hall–Kier alpha value is -3.37. The predicted octanol–water partition coefficient (Wildman–Crippen LogP) is 4.83. The van der Waals surface area contributed by atoms with E-state index in [4.69, 9.17) is 28.1 Å². The summed E-state index contributed by atoms with van der Waals surface area (Å²) in [5.74, 6) is 1.40. The molecule has 0 fully saturated rings. The fourth-order valence-corrected chi connectivity index (χ4v) is 4.00. The maximum Gasteiger partial charge on any atom is 0.415 e. The molecule has 0 N–H and O–H groups in total. The maximum absolute atomic E-state index is 13.0. The second-order valence-electron chi connectivity index (χ2n) is 7.77. The van der Waals surface area contributed by atoms with E-state index in [2.05, 4.69) is 0 Å². The van der Waals surface area contributed by atoms with E-state index in [1.165, 1.54) is 36.9 Å². The van der Waals surface area contributed by atoms with Crippen molar-refractivity contribution < 1.29 is 32.9 Å². The van der Waals surface area contributed by atoms with Crippen molar-refractivity contribution in [3.8, 4) is 23.0 Å². The predicted molar refractivity (Wildman–Crippen MR) is 132 cm³/mol. The molecule has 0 aliphatic carbocycles. The quantitative estimate of drug-likeness (QED) is 0.385. The Morgan fingerprint density at radius 1 is 1.06 bits per heavy atom. The van der Waals surface area contributed by atoms with Crippen molar-refractivity contribution in [2.75, 3.05) is 41.5 Å². The lowest BCUT2D eigenvalue weighted by Crippen LogP contribution is -2.32. The van der Waals surface area contributed by atoms with Crippen LogP contribution in [-0.4, -0.2) is 58.6 Å². The average molecular weight is 504 g/mol. The molecule has 0 aliphatic rings. The van der Waals surface area contributed by atoms with Crippen LogP contribution < -0.4 is 24.4 Å². The van der Waals surface area contributed by atoms with Gasteiger partial charge in [-0.2, -0.15) is 0 Å². The molecule has 1 heterocycles. The molecule has 0 spiro atoms. The van der Waals surface area contributed by atoms with Gasteiger partial charge in [0.1, 0.15) is 16.7 Å². The van der Waals surface area contributed by atoms with Crippen molar-refractivity contribution in [2.45, 2.75) is 29.9 Å². The largest absolute Gasteiger partial charge is 0.492 e. The SMILES string of the molecule is COCCN(C)C(=O)Oc1ccc(Sc2cc(=O)c3c(OC)c(OC)c(OC(C)C)cc3o2)cc1. The number of amides is 1. The Bertz CT molecular complexity index is 1220. The maximum atomic E-state index is 13.0. The Labute approximate surface area is 207 Å². The molecular formula is C25H29NO8S. The highest BCUT2D eigenvalue weighted by molar-refractivity contribution is 7.99. The van der Waals surface area contributed by atoms with Gasteiger partial charge < -0.3 is 33.0 Å². The zero-order valence-electron chi connectivity index (χ0n) is 20.6. The van der Waals surface area contributed by atoms with Gasteiger partial charge in [0.25, 0.3) is 0 Å². The summed E-state index contributed by atoms with van der Waals surface area (Å²) in [7, 11) is 6.15. The molecule has 9 nitrogen and oxygen atoms in total. The first kappa shape index (κ1) is 26.2. The van der Waals surface area contributed by atoms with Gasteiger partial charge in [-0.25, -0.2) is 4.79 Å². The van der Waals surface area contributed by atoms with Crippen molar-refractivity contribution in [1.82, 2.24) is 4.90 Å². The van der Waals surface area contributed by atoms with E-state index in [1.807, 2.05) is 13.8 Å². The molecule has 3 aromatic rings. The molecule has 0 unspecified atom stereocenters. The van der Waals surface area contributed by atoms with Crippen molar-refractivity contribution in [1.29, 1.82) is 0 Å². The molecule has 0 saturated carbocycles. The highest BCUT2D eigenvalue weighted by Crippen LogP contribution is 2.43. The molecule has 3 rings (SSSR count). The first-order valence-electron chi connectivity index (χ1n) is 10.9. The lowest BCUT2D eigenvalue weighted by Gasteiger charge is -2.17. The van der Waals surface area contributed by atoms with Gasteiger partial charge in [0.2, 0.25) is 5.75 Å². The lowest BCUT2D eigenvalue weighted by atomic mass is 10.1. The summed E-state index contributed by atoms with van der Waals surface area (Å²) >= 11 is 1.26.